The molecule has 0 saturated carbocycles. The molecule has 0 radical (unpaired) electrons. The van der Waals surface area contributed by atoms with Gasteiger partial charge in [0.15, 0.2) is 0 Å². The highest BCUT2D eigenvalue weighted by Crippen LogP contribution is 2.31. The second-order valence-electron chi connectivity index (χ2n) is 5.84. The van der Waals surface area contributed by atoms with Crippen molar-refractivity contribution < 1.29 is 4.79 Å². The Morgan fingerprint density at radius 3 is 2.67 bits per heavy atom. The van der Waals surface area contributed by atoms with Crippen LogP contribution >= 0.6 is 0 Å². The lowest BCUT2D eigenvalue weighted by Crippen LogP contribution is -2.45. The van der Waals surface area contributed by atoms with Crippen molar-refractivity contribution in [1.82, 2.24) is 15.1 Å². The summed E-state index contributed by atoms with van der Waals surface area (Å²) in [7, 11) is 1.97. The van der Waals surface area contributed by atoms with Crippen LogP contribution in [0.5, 0.6) is 0 Å². The molecule has 1 unspecified atom stereocenters. The van der Waals surface area contributed by atoms with Gasteiger partial charge in [-0.25, -0.2) is 0 Å². The monoisotopic (exact) mass is 253 g/mol. The van der Waals surface area contributed by atoms with Crippen LogP contribution in [0.2, 0.25) is 0 Å². The molecular formula is C14H27N3O. The van der Waals surface area contributed by atoms with Crippen molar-refractivity contribution in [3.8, 4) is 0 Å². The molecule has 1 atom stereocenters. The SMILES string of the molecule is CCC1(C(=O)N(C)CCN2CCCC2)CCNC1. The second-order valence-corrected chi connectivity index (χ2v) is 5.84. The van der Waals surface area contributed by atoms with Gasteiger partial charge < -0.3 is 15.1 Å². The first-order valence-corrected chi connectivity index (χ1v) is 7.36. The average Bonchev–Trinajstić information content (AvgIpc) is 3.06. The molecule has 2 saturated heterocycles. The van der Waals surface area contributed by atoms with E-state index in [-0.39, 0.29) is 5.41 Å². The van der Waals surface area contributed by atoms with Crippen molar-refractivity contribution >= 4 is 5.91 Å². The van der Waals surface area contributed by atoms with Gasteiger partial charge in [-0.1, -0.05) is 6.92 Å². The molecule has 2 aliphatic rings. The Balaban J connectivity index is 1.83. The van der Waals surface area contributed by atoms with Crippen molar-refractivity contribution in [2.45, 2.75) is 32.6 Å². The van der Waals surface area contributed by atoms with E-state index in [2.05, 4.69) is 17.1 Å². The summed E-state index contributed by atoms with van der Waals surface area (Å²) in [5.74, 6) is 0.342. The molecule has 0 aliphatic carbocycles. The number of rotatable bonds is 5. The Morgan fingerprint density at radius 1 is 1.39 bits per heavy atom. The Bertz CT molecular complexity index is 281. The van der Waals surface area contributed by atoms with Crippen LogP contribution in [0.15, 0.2) is 0 Å². The number of likely N-dealkylation sites (tertiary alicyclic amines) is 1. The van der Waals surface area contributed by atoms with Gasteiger partial charge in [0, 0.05) is 26.7 Å². The zero-order valence-electron chi connectivity index (χ0n) is 11.9. The zero-order chi connectivity index (χ0) is 13.0. The van der Waals surface area contributed by atoms with Crippen molar-refractivity contribution in [1.29, 1.82) is 0 Å². The summed E-state index contributed by atoms with van der Waals surface area (Å²) in [4.78, 5) is 17.0. The lowest BCUT2D eigenvalue weighted by Gasteiger charge is -2.31. The van der Waals surface area contributed by atoms with E-state index in [1.54, 1.807) is 0 Å². The van der Waals surface area contributed by atoms with Crippen LogP contribution in [-0.2, 0) is 4.79 Å². The van der Waals surface area contributed by atoms with Crippen molar-refractivity contribution in [2.75, 3.05) is 46.3 Å². The minimum atomic E-state index is -0.125. The molecular weight excluding hydrogens is 226 g/mol. The third-order valence-corrected chi connectivity index (χ3v) is 4.67. The van der Waals surface area contributed by atoms with Crippen molar-refractivity contribution in [3.63, 3.8) is 0 Å². The summed E-state index contributed by atoms with van der Waals surface area (Å²) in [5, 5.41) is 3.34. The van der Waals surface area contributed by atoms with Crippen LogP contribution in [0.25, 0.3) is 0 Å². The van der Waals surface area contributed by atoms with E-state index in [1.165, 1.54) is 25.9 Å². The minimum absolute atomic E-state index is 0.125. The smallest absolute Gasteiger partial charge is 0.229 e. The molecule has 2 aliphatic heterocycles. The molecule has 0 spiro atoms. The standard InChI is InChI=1S/C14H27N3O/c1-3-14(6-7-15-12-14)13(18)16(2)10-11-17-8-4-5-9-17/h15H,3-12H2,1-2H3. The first kappa shape index (κ1) is 13.8. The summed E-state index contributed by atoms with van der Waals surface area (Å²) >= 11 is 0. The average molecular weight is 253 g/mol. The summed E-state index contributed by atoms with van der Waals surface area (Å²) in [6.45, 7) is 8.32. The predicted molar refractivity (Wildman–Crippen MR) is 73.5 cm³/mol. The number of hydrogen-bond acceptors (Lipinski definition) is 3. The summed E-state index contributed by atoms with van der Waals surface area (Å²) in [6.07, 6.45) is 4.59. The Labute approximate surface area is 111 Å². The molecule has 0 aromatic carbocycles. The molecule has 4 nitrogen and oxygen atoms in total. The van der Waals surface area contributed by atoms with E-state index in [0.717, 1.165) is 39.0 Å². The summed E-state index contributed by atoms with van der Waals surface area (Å²) < 4.78 is 0. The molecule has 104 valence electrons. The quantitative estimate of drug-likeness (QED) is 0.792. The van der Waals surface area contributed by atoms with Gasteiger partial charge in [0.1, 0.15) is 0 Å². The molecule has 18 heavy (non-hydrogen) atoms. The third kappa shape index (κ3) is 2.86. The largest absolute Gasteiger partial charge is 0.344 e. The minimum Gasteiger partial charge on any atom is -0.344 e. The Morgan fingerprint density at radius 2 is 2.11 bits per heavy atom. The zero-order valence-corrected chi connectivity index (χ0v) is 11.9. The fourth-order valence-corrected chi connectivity index (χ4v) is 3.18. The Kier molecular flexibility index (Phi) is 4.62. The Hall–Kier alpha value is -0.610. The maximum absolute atomic E-state index is 12.6. The van der Waals surface area contributed by atoms with Gasteiger partial charge in [-0.2, -0.15) is 0 Å². The van der Waals surface area contributed by atoms with E-state index < -0.39 is 0 Å². The fourth-order valence-electron chi connectivity index (χ4n) is 3.18. The van der Waals surface area contributed by atoms with E-state index in [4.69, 9.17) is 0 Å². The van der Waals surface area contributed by atoms with Gasteiger partial charge in [0.2, 0.25) is 5.91 Å². The second kappa shape index (κ2) is 6.02. The number of likely N-dealkylation sites (N-methyl/N-ethyl adjacent to an activating group) is 1. The van der Waals surface area contributed by atoms with Crippen LogP contribution in [-0.4, -0.2) is 62.0 Å². The van der Waals surface area contributed by atoms with E-state index >= 15 is 0 Å². The van der Waals surface area contributed by atoms with Crippen LogP contribution in [0.1, 0.15) is 32.6 Å². The number of hydrogen-bond donors (Lipinski definition) is 1. The topological polar surface area (TPSA) is 35.6 Å². The highest BCUT2D eigenvalue weighted by atomic mass is 16.2. The maximum Gasteiger partial charge on any atom is 0.229 e. The lowest BCUT2D eigenvalue weighted by molar-refractivity contribution is -0.140. The van der Waals surface area contributed by atoms with E-state index in [0.29, 0.717) is 5.91 Å². The molecule has 4 heteroatoms. The van der Waals surface area contributed by atoms with Crippen LogP contribution < -0.4 is 5.32 Å². The van der Waals surface area contributed by atoms with Gasteiger partial charge in [-0.15, -0.1) is 0 Å². The van der Waals surface area contributed by atoms with Crippen LogP contribution in [0.3, 0.4) is 0 Å². The molecule has 2 rings (SSSR count). The van der Waals surface area contributed by atoms with Crippen molar-refractivity contribution in [3.05, 3.63) is 0 Å². The first-order chi connectivity index (χ1) is 8.68. The first-order valence-electron chi connectivity index (χ1n) is 7.36. The normalized spacial score (nSPS) is 28.8. The predicted octanol–water partition coefficient (Wildman–Crippen LogP) is 0.930. The maximum atomic E-state index is 12.6. The number of nitrogens with zero attached hydrogens (tertiary/aromatic N) is 2. The van der Waals surface area contributed by atoms with E-state index in [9.17, 15) is 4.79 Å². The molecule has 1 amide bonds. The van der Waals surface area contributed by atoms with Crippen LogP contribution in [0, 0.1) is 5.41 Å². The van der Waals surface area contributed by atoms with E-state index in [1.807, 2.05) is 11.9 Å². The molecule has 2 heterocycles. The number of amides is 1. The van der Waals surface area contributed by atoms with Gasteiger partial charge in [0.05, 0.1) is 5.41 Å². The molecule has 2 fully saturated rings. The molecule has 0 aromatic heterocycles. The highest BCUT2D eigenvalue weighted by molar-refractivity contribution is 5.83. The fraction of sp³-hybridized carbons (Fsp3) is 0.929. The van der Waals surface area contributed by atoms with Gasteiger partial charge >= 0.3 is 0 Å². The molecule has 0 bridgehead atoms. The van der Waals surface area contributed by atoms with Crippen LogP contribution in [0.4, 0.5) is 0 Å². The molecule has 0 aromatic rings. The summed E-state index contributed by atoms with van der Waals surface area (Å²) in [5.41, 5.74) is -0.125. The number of carbonyl (C=O) groups excluding carboxylic acids is 1. The van der Waals surface area contributed by atoms with Gasteiger partial charge in [-0.3, -0.25) is 4.79 Å². The van der Waals surface area contributed by atoms with Gasteiger partial charge in [0.25, 0.3) is 0 Å². The number of carbonyl (C=O) groups is 1. The lowest BCUT2D eigenvalue weighted by atomic mass is 9.83. The van der Waals surface area contributed by atoms with Crippen molar-refractivity contribution in [2.24, 2.45) is 5.41 Å². The molecule has 1 N–H and O–H groups in total. The third-order valence-electron chi connectivity index (χ3n) is 4.67. The highest BCUT2D eigenvalue weighted by Gasteiger charge is 2.41. The summed E-state index contributed by atoms with van der Waals surface area (Å²) in [6, 6.07) is 0. The van der Waals surface area contributed by atoms with Gasteiger partial charge in [-0.05, 0) is 45.3 Å². The number of nitrogens with one attached hydrogen (secondary N) is 1.